The molecule has 3 nitrogen and oxygen atoms in total. The average Bonchev–Trinajstić information content (AvgIpc) is 2.94. The molecule has 2 aliphatic rings. The van der Waals surface area contributed by atoms with Gasteiger partial charge in [-0.1, -0.05) is 6.07 Å². The number of carboxylic acid groups (broad SMARTS) is 1. The van der Waals surface area contributed by atoms with Crippen LogP contribution in [0, 0.1) is 11.2 Å². The molecule has 0 amide bonds. The van der Waals surface area contributed by atoms with Crippen molar-refractivity contribution in [2.24, 2.45) is 5.41 Å². The summed E-state index contributed by atoms with van der Waals surface area (Å²) in [6.07, 6.45) is 2.57. The fourth-order valence-electron chi connectivity index (χ4n) is 3.30. The molecular weight excluding hydrogens is 315 g/mol. The number of aliphatic carboxylic acids is 1. The molecule has 0 aromatic heterocycles. The molecule has 2 heterocycles. The van der Waals surface area contributed by atoms with E-state index in [9.17, 15) is 14.3 Å². The lowest BCUT2D eigenvalue weighted by atomic mass is 9.70. The van der Waals surface area contributed by atoms with Crippen molar-refractivity contribution in [1.29, 1.82) is 0 Å². The largest absolute Gasteiger partial charge is 0.481 e. The van der Waals surface area contributed by atoms with Crippen LogP contribution < -0.4 is 0 Å². The van der Waals surface area contributed by atoms with Crippen molar-refractivity contribution < 1.29 is 19.0 Å². The van der Waals surface area contributed by atoms with Crippen LogP contribution in [-0.4, -0.2) is 23.3 Å². The van der Waals surface area contributed by atoms with Crippen molar-refractivity contribution in [2.75, 3.05) is 0 Å². The maximum atomic E-state index is 13.2. The van der Waals surface area contributed by atoms with E-state index in [0.29, 0.717) is 17.3 Å². The van der Waals surface area contributed by atoms with Gasteiger partial charge in [-0.15, -0.1) is 0 Å². The molecule has 3 atom stereocenters. The molecule has 0 aliphatic carbocycles. The van der Waals surface area contributed by atoms with Crippen LogP contribution in [0.15, 0.2) is 22.7 Å². The Morgan fingerprint density at radius 1 is 1.53 bits per heavy atom. The summed E-state index contributed by atoms with van der Waals surface area (Å²) < 4.78 is 19.3. The summed E-state index contributed by atoms with van der Waals surface area (Å²) in [4.78, 5) is 11.7. The van der Waals surface area contributed by atoms with Gasteiger partial charge in [0.25, 0.3) is 0 Å². The third-order valence-electron chi connectivity index (χ3n) is 4.25. The quantitative estimate of drug-likeness (QED) is 0.927. The Hall–Kier alpha value is -0.940. The Morgan fingerprint density at radius 2 is 2.32 bits per heavy atom. The van der Waals surface area contributed by atoms with Crippen LogP contribution in [0.5, 0.6) is 0 Å². The number of carbonyl (C=O) groups is 1. The molecule has 102 valence electrons. The fourth-order valence-corrected chi connectivity index (χ4v) is 3.73. The smallest absolute Gasteiger partial charge is 0.312 e. The number of hydrogen-bond donors (Lipinski definition) is 1. The van der Waals surface area contributed by atoms with Gasteiger partial charge < -0.3 is 9.84 Å². The number of fused-ring (bicyclic) bond motifs is 2. The maximum Gasteiger partial charge on any atom is 0.312 e. The highest BCUT2D eigenvalue weighted by molar-refractivity contribution is 9.10. The predicted octanol–water partition coefficient (Wildman–Crippen LogP) is 3.15. The lowest BCUT2D eigenvalue weighted by Gasteiger charge is -2.31. The summed E-state index contributed by atoms with van der Waals surface area (Å²) >= 11 is 3.14. The topological polar surface area (TPSA) is 46.5 Å². The first kappa shape index (κ1) is 13.1. The Morgan fingerprint density at radius 3 is 2.84 bits per heavy atom. The molecular formula is C14H14BrFO3. The Kier molecular flexibility index (Phi) is 3.14. The summed E-state index contributed by atoms with van der Waals surface area (Å²) in [6.45, 7) is 0. The maximum absolute atomic E-state index is 13.2. The van der Waals surface area contributed by atoms with Gasteiger partial charge in [0, 0.05) is 0 Å². The third-order valence-corrected chi connectivity index (χ3v) is 4.85. The minimum atomic E-state index is -0.847. The molecule has 2 aliphatic heterocycles. The Balaban J connectivity index is 1.90. The highest BCUT2D eigenvalue weighted by Gasteiger charge is 2.57. The number of rotatable bonds is 3. The predicted molar refractivity (Wildman–Crippen MR) is 70.4 cm³/mol. The van der Waals surface area contributed by atoms with E-state index in [1.165, 1.54) is 6.07 Å². The molecule has 3 unspecified atom stereocenters. The molecule has 3 rings (SSSR count). The molecule has 1 aromatic rings. The van der Waals surface area contributed by atoms with Crippen molar-refractivity contribution in [3.63, 3.8) is 0 Å². The van der Waals surface area contributed by atoms with E-state index in [0.717, 1.165) is 18.4 Å². The van der Waals surface area contributed by atoms with Gasteiger partial charge in [-0.2, -0.15) is 0 Å². The number of carboxylic acids is 1. The second kappa shape index (κ2) is 4.56. The van der Waals surface area contributed by atoms with Crippen LogP contribution in [0.1, 0.15) is 24.8 Å². The van der Waals surface area contributed by atoms with Crippen LogP contribution in [0.2, 0.25) is 0 Å². The summed E-state index contributed by atoms with van der Waals surface area (Å²) in [5.74, 6) is -1.14. The molecule has 1 aromatic carbocycles. The molecule has 19 heavy (non-hydrogen) atoms. The first-order valence-corrected chi connectivity index (χ1v) is 7.13. The van der Waals surface area contributed by atoms with Gasteiger partial charge in [0.05, 0.1) is 16.7 Å². The van der Waals surface area contributed by atoms with Crippen molar-refractivity contribution in [2.45, 2.75) is 37.9 Å². The minimum Gasteiger partial charge on any atom is -0.481 e. The minimum absolute atomic E-state index is 0.0741. The van der Waals surface area contributed by atoms with Crippen molar-refractivity contribution in [3.05, 3.63) is 34.1 Å². The molecule has 5 heteroatoms. The molecule has 2 bridgehead atoms. The zero-order valence-corrected chi connectivity index (χ0v) is 11.8. The lowest BCUT2D eigenvalue weighted by Crippen LogP contribution is -2.42. The van der Waals surface area contributed by atoms with E-state index in [1.54, 1.807) is 12.1 Å². The van der Waals surface area contributed by atoms with Gasteiger partial charge in [0.15, 0.2) is 0 Å². The number of halogens is 2. The standard InChI is InChI=1S/C14H14BrFO3/c15-10-5-8(1-3-11(10)16)6-14(13(17)18)7-9-2-4-12(14)19-9/h1,3,5,9,12H,2,4,6-7H2,(H,17,18). The normalized spacial score (nSPS) is 32.7. The van der Waals surface area contributed by atoms with Gasteiger partial charge in [0.2, 0.25) is 0 Å². The Labute approximate surface area is 118 Å². The summed E-state index contributed by atoms with van der Waals surface area (Å²) in [5, 5.41) is 9.61. The van der Waals surface area contributed by atoms with E-state index in [2.05, 4.69) is 15.9 Å². The molecule has 1 N–H and O–H groups in total. The van der Waals surface area contributed by atoms with Crippen LogP contribution in [0.4, 0.5) is 4.39 Å². The molecule has 2 saturated heterocycles. The monoisotopic (exact) mass is 328 g/mol. The van der Waals surface area contributed by atoms with Gasteiger partial charge in [-0.3, -0.25) is 4.79 Å². The summed E-state index contributed by atoms with van der Waals surface area (Å²) in [5.41, 5.74) is -0.0213. The van der Waals surface area contributed by atoms with Crippen molar-refractivity contribution in [1.82, 2.24) is 0 Å². The van der Waals surface area contributed by atoms with Crippen LogP contribution in [0.3, 0.4) is 0 Å². The highest BCUT2D eigenvalue weighted by atomic mass is 79.9. The summed E-state index contributed by atoms with van der Waals surface area (Å²) in [6, 6.07) is 4.67. The SMILES string of the molecule is O=C(O)C1(Cc2ccc(F)c(Br)c2)CC2CCC1O2. The van der Waals surface area contributed by atoms with E-state index in [-0.39, 0.29) is 18.0 Å². The van der Waals surface area contributed by atoms with Crippen LogP contribution in [0.25, 0.3) is 0 Å². The number of hydrogen-bond acceptors (Lipinski definition) is 2. The lowest BCUT2D eigenvalue weighted by molar-refractivity contribution is -0.152. The van der Waals surface area contributed by atoms with Crippen molar-refractivity contribution in [3.8, 4) is 0 Å². The first-order chi connectivity index (χ1) is 9.01. The van der Waals surface area contributed by atoms with Gasteiger partial charge in [-0.25, -0.2) is 4.39 Å². The molecule has 0 spiro atoms. The molecule has 0 radical (unpaired) electrons. The third kappa shape index (κ3) is 2.09. The number of ether oxygens (including phenoxy) is 1. The van der Waals surface area contributed by atoms with E-state index >= 15 is 0 Å². The second-order valence-electron chi connectivity index (χ2n) is 5.41. The first-order valence-electron chi connectivity index (χ1n) is 6.34. The van der Waals surface area contributed by atoms with Gasteiger partial charge in [-0.05, 0) is 59.3 Å². The second-order valence-corrected chi connectivity index (χ2v) is 6.27. The van der Waals surface area contributed by atoms with E-state index < -0.39 is 11.4 Å². The van der Waals surface area contributed by atoms with E-state index in [1.807, 2.05) is 0 Å². The zero-order chi connectivity index (χ0) is 13.6. The molecule has 0 saturated carbocycles. The number of benzene rings is 1. The Bertz CT molecular complexity index is 533. The fraction of sp³-hybridized carbons (Fsp3) is 0.500. The van der Waals surface area contributed by atoms with Crippen molar-refractivity contribution >= 4 is 21.9 Å². The van der Waals surface area contributed by atoms with Gasteiger partial charge >= 0.3 is 5.97 Å². The van der Waals surface area contributed by atoms with Gasteiger partial charge in [0.1, 0.15) is 11.2 Å². The summed E-state index contributed by atoms with van der Waals surface area (Å²) in [7, 11) is 0. The van der Waals surface area contributed by atoms with Crippen LogP contribution >= 0.6 is 15.9 Å². The van der Waals surface area contributed by atoms with Crippen LogP contribution in [-0.2, 0) is 16.0 Å². The zero-order valence-electron chi connectivity index (χ0n) is 10.2. The molecule has 2 fully saturated rings. The average molecular weight is 329 g/mol. The van der Waals surface area contributed by atoms with E-state index in [4.69, 9.17) is 4.74 Å². The highest BCUT2D eigenvalue weighted by Crippen LogP contribution is 2.49.